The van der Waals surface area contributed by atoms with Gasteiger partial charge in [-0.3, -0.25) is 15.5 Å². The molecular weight excluding hydrogens is 284 g/mol. The van der Waals surface area contributed by atoms with Crippen molar-refractivity contribution in [3.8, 4) is 0 Å². The van der Waals surface area contributed by atoms with Gasteiger partial charge < -0.3 is 5.73 Å². The van der Waals surface area contributed by atoms with Gasteiger partial charge in [0, 0.05) is 5.02 Å². The Morgan fingerprint density at radius 1 is 1.35 bits per heavy atom. The number of nitro groups is 1. The molecule has 1 aromatic carbocycles. The highest BCUT2D eigenvalue weighted by Gasteiger charge is 2.20. The highest BCUT2D eigenvalue weighted by molar-refractivity contribution is 6.30. The van der Waals surface area contributed by atoms with Gasteiger partial charge >= 0.3 is 5.69 Å². The smallest absolute Gasteiger partial charge is 0.354 e. The normalized spacial score (nSPS) is 10.7. The lowest BCUT2D eigenvalue weighted by Gasteiger charge is -2.01. The van der Waals surface area contributed by atoms with Gasteiger partial charge in [-0.25, -0.2) is 9.97 Å². The molecule has 0 spiro atoms. The van der Waals surface area contributed by atoms with Crippen LogP contribution in [-0.2, 0) is 0 Å². The fraction of sp³-hybridized carbons (Fsp3) is 0. The SMILES string of the molecule is Nc1ncnc(NN=Cc2ccc(Cl)cc2)c1[N+](=O)[O-]. The molecule has 8 nitrogen and oxygen atoms in total. The van der Waals surface area contributed by atoms with Gasteiger partial charge in [0.2, 0.25) is 11.6 Å². The summed E-state index contributed by atoms with van der Waals surface area (Å²) in [6.45, 7) is 0. The maximum absolute atomic E-state index is 10.9. The van der Waals surface area contributed by atoms with E-state index in [2.05, 4.69) is 20.5 Å². The summed E-state index contributed by atoms with van der Waals surface area (Å²) < 4.78 is 0. The van der Waals surface area contributed by atoms with Gasteiger partial charge in [0.05, 0.1) is 11.1 Å². The van der Waals surface area contributed by atoms with E-state index < -0.39 is 10.6 Å². The standard InChI is InChI=1S/C11H9ClN6O2/c12-8-3-1-7(2-4-8)5-16-17-11-9(18(19)20)10(13)14-6-15-11/h1-6H,(H3,13,14,15,17). The van der Waals surface area contributed by atoms with Gasteiger partial charge in [0.25, 0.3) is 0 Å². The van der Waals surface area contributed by atoms with E-state index in [1.165, 1.54) is 6.21 Å². The van der Waals surface area contributed by atoms with Crippen molar-refractivity contribution in [3.05, 3.63) is 51.3 Å². The molecule has 0 saturated carbocycles. The molecule has 102 valence electrons. The summed E-state index contributed by atoms with van der Waals surface area (Å²) in [6.07, 6.45) is 2.58. The van der Waals surface area contributed by atoms with Crippen LogP contribution in [0, 0.1) is 10.1 Å². The molecule has 20 heavy (non-hydrogen) atoms. The molecule has 9 heteroatoms. The molecule has 0 radical (unpaired) electrons. The summed E-state index contributed by atoms with van der Waals surface area (Å²) in [5.41, 5.74) is 8.24. The second-order valence-corrected chi connectivity index (χ2v) is 4.07. The van der Waals surface area contributed by atoms with Crippen molar-refractivity contribution < 1.29 is 4.92 Å². The van der Waals surface area contributed by atoms with Crippen LogP contribution >= 0.6 is 11.6 Å². The first kappa shape index (κ1) is 13.7. The fourth-order valence-corrected chi connectivity index (χ4v) is 1.50. The van der Waals surface area contributed by atoms with Crippen molar-refractivity contribution in [2.24, 2.45) is 5.10 Å². The summed E-state index contributed by atoms with van der Waals surface area (Å²) in [5.74, 6) is -0.304. The maximum atomic E-state index is 10.9. The maximum Gasteiger partial charge on any atom is 0.354 e. The first-order valence-electron chi connectivity index (χ1n) is 5.37. The Balaban J connectivity index is 2.17. The van der Waals surface area contributed by atoms with Gasteiger partial charge in [0.15, 0.2) is 0 Å². The second kappa shape index (κ2) is 5.93. The van der Waals surface area contributed by atoms with Crippen LogP contribution in [0.15, 0.2) is 35.7 Å². The van der Waals surface area contributed by atoms with Crippen LogP contribution in [0.2, 0.25) is 5.02 Å². The molecule has 1 heterocycles. The van der Waals surface area contributed by atoms with Gasteiger partial charge in [0.1, 0.15) is 6.33 Å². The largest absolute Gasteiger partial charge is 0.378 e. The molecule has 3 N–H and O–H groups in total. The highest BCUT2D eigenvalue weighted by atomic mass is 35.5. The number of nitrogens with two attached hydrogens (primary N) is 1. The van der Waals surface area contributed by atoms with Crippen LogP contribution in [0.4, 0.5) is 17.3 Å². The Bertz CT molecular complexity index is 658. The van der Waals surface area contributed by atoms with Crippen LogP contribution < -0.4 is 11.2 Å². The molecule has 2 aromatic rings. The Hall–Kier alpha value is -2.74. The number of benzene rings is 1. The van der Waals surface area contributed by atoms with E-state index in [0.29, 0.717) is 5.02 Å². The van der Waals surface area contributed by atoms with Crippen LogP contribution in [-0.4, -0.2) is 21.1 Å². The number of rotatable bonds is 4. The summed E-state index contributed by atoms with van der Waals surface area (Å²) >= 11 is 5.75. The minimum Gasteiger partial charge on any atom is -0.378 e. The molecule has 0 saturated heterocycles. The predicted molar refractivity (Wildman–Crippen MR) is 75.8 cm³/mol. The molecular formula is C11H9ClN6O2. The lowest BCUT2D eigenvalue weighted by molar-refractivity contribution is -0.383. The third-order valence-corrected chi connectivity index (χ3v) is 2.54. The van der Waals surface area contributed by atoms with E-state index in [4.69, 9.17) is 17.3 Å². The topological polar surface area (TPSA) is 119 Å². The van der Waals surface area contributed by atoms with E-state index in [-0.39, 0.29) is 11.6 Å². The number of anilines is 2. The van der Waals surface area contributed by atoms with E-state index in [1.54, 1.807) is 24.3 Å². The molecule has 0 atom stereocenters. The van der Waals surface area contributed by atoms with Crippen molar-refractivity contribution >= 4 is 35.1 Å². The first-order valence-corrected chi connectivity index (χ1v) is 5.75. The number of hydrazone groups is 1. The van der Waals surface area contributed by atoms with Crippen LogP contribution in [0.1, 0.15) is 5.56 Å². The summed E-state index contributed by atoms with van der Waals surface area (Å²) in [4.78, 5) is 17.5. The molecule has 0 bridgehead atoms. The average Bonchev–Trinajstić information content (AvgIpc) is 2.40. The predicted octanol–water partition coefficient (Wildman–Crippen LogP) is 2.07. The summed E-state index contributed by atoms with van der Waals surface area (Å²) in [6, 6.07) is 6.90. The van der Waals surface area contributed by atoms with Crippen molar-refractivity contribution in [2.45, 2.75) is 0 Å². The number of hydrogen-bond donors (Lipinski definition) is 2. The van der Waals surface area contributed by atoms with E-state index in [0.717, 1.165) is 11.9 Å². The first-order chi connectivity index (χ1) is 9.58. The third-order valence-electron chi connectivity index (χ3n) is 2.29. The molecule has 2 rings (SSSR count). The molecule has 0 aliphatic rings. The van der Waals surface area contributed by atoms with Gasteiger partial charge in [-0.05, 0) is 17.7 Å². The zero-order valence-corrected chi connectivity index (χ0v) is 10.8. The van der Waals surface area contributed by atoms with Crippen molar-refractivity contribution in [1.82, 2.24) is 9.97 Å². The zero-order chi connectivity index (χ0) is 14.5. The molecule has 0 unspecified atom stereocenters. The molecule has 0 aliphatic heterocycles. The number of aromatic nitrogens is 2. The zero-order valence-electron chi connectivity index (χ0n) is 10.0. The van der Waals surface area contributed by atoms with Crippen molar-refractivity contribution in [2.75, 3.05) is 11.2 Å². The number of nitrogens with zero attached hydrogens (tertiary/aromatic N) is 4. The fourth-order valence-electron chi connectivity index (χ4n) is 1.37. The van der Waals surface area contributed by atoms with Crippen LogP contribution in [0.5, 0.6) is 0 Å². The Morgan fingerprint density at radius 3 is 2.70 bits per heavy atom. The third kappa shape index (κ3) is 3.18. The second-order valence-electron chi connectivity index (χ2n) is 3.63. The number of nitrogen functional groups attached to an aromatic ring is 1. The number of halogens is 1. The quantitative estimate of drug-likeness (QED) is 0.505. The monoisotopic (exact) mass is 292 g/mol. The van der Waals surface area contributed by atoms with Crippen LogP contribution in [0.25, 0.3) is 0 Å². The van der Waals surface area contributed by atoms with Crippen LogP contribution in [0.3, 0.4) is 0 Å². The molecule has 0 amide bonds. The van der Waals surface area contributed by atoms with Gasteiger partial charge in [-0.2, -0.15) is 5.10 Å². The lowest BCUT2D eigenvalue weighted by atomic mass is 10.2. The molecule has 0 aliphatic carbocycles. The Morgan fingerprint density at radius 2 is 2.05 bits per heavy atom. The molecule has 0 fully saturated rings. The van der Waals surface area contributed by atoms with Crippen molar-refractivity contribution in [3.63, 3.8) is 0 Å². The lowest BCUT2D eigenvalue weighted by Crippen LogP contribution is -2.04. The molecule has 1 aromatic heterocycles. The van der Waals surface area contributed by atoms with Gasteiger partial charge in [-0.15, -0.1) is 0 Å². The summed E-state index contributed by atoms with van der Waals surface area (Å²) in [5, 5.41) is 15.3. The Labute approximate surface area is 118 Å². The van der Waals surface area contributed by atoms with Crippen molar-refractivity contribution in [1.29, 1.82) is 0 Å². The number of hydrogen-bond acceptors (Lipinski definition) is 7. The Kier molecular flexibility index (Phi) is 4.06. The van der Waals surface area contributed by atoms with E-state index in [1.807, 2.05) is 0 Å². The van der Waals surface area contributed by atoms with Gasteiger partial charge in [-0.1, -0.05) is 23.7 Å². The highest BCUT2D eigenvalue weighted by Crippen LogP contribution is 2.25. The van der Waals surface area contributed by atoms with E-state index in [9.17, 15) is 10.1 Å². The minimum absolute atomic E-state index is 0.0762. The van der Waals surface area contributed by atoms with E-state index >= 15 is 0 Å². The average molecular weight is 293 g/mol. The summed E-state index contributed by atoms with van der Waals surface area (Å²) in [7, 11) is 0. The number of nitrogens with one attached hydrogen (secondary N) is 1. The minimum atomic E-state index is -0.671.